The Morgan fingerprint density at radius 1 is 1.07 bits per heavy atom. The fourth-order valence-electron chi connectivity index (χ4n) is 2.09. The Labute approximate surface area is 162 Å². The first-order chi connectivity index (χ1) is 12.7. The van der Waals surface area contributed by atoms with Crippen LogP contribution >= 0.6 is 11.3 Å². The van der Waals surface area contributed by atoms with Crippen molar-refractivity contribution in [1.29, 1.82) is 0 Å². The summed E-state index contributed by atoms with van der Waals surface area (Å²) in [7, 11) is 0. The van der Waals surface area contributed by atoms with E-state index in [-0.39, 0.29) is 24.9 Å². The molecule has 0 aliphatic carbocycles. The Morgan fingerprint density at radius 3 is 2.33 bits per heavy atom. The highest BCUT2D eigenvalue weighted by atomic mass is 32.1. The number of rotatable bonds is 7. The first-order valence-electron chi connectivity index (χ1n) is 8.48. The van der Waals surface area contributed by atoms with Gasteiger partial charge in [0.1, 0.15) is 0 Å². The molecule has 7 heteroatoms. The van der Waals surface area contributed by atoms with Crippen molar-refractivity contribution in [1.82, 2.24) is 5.32 Å². The number of esters is 1. The van der Waals surface area contributed by atoms with Crippen LogP contribution in [0.5, 0.6) is 0 Å². The topological polar surface area (TPSA) is 92.7 Å². The zero-order chi connectivity index (χ0) is 20.0. The van der Waals surface area contributed by atoms with E-state index in [1.807, 2.05) is 20.8 Å². The fraction of sp³-hybridized carbons (Fsp3) is 0.350. The molecular weight excluding hydrogens is 366 g/mol. The van der Waals surface area contributed by atoms with Crippen LogP contribution in [0.4, 0.5) is 0 Å². The Kier molecular flexibility index (Phi) is 6.87. The summed E-state index contributed by atoms with van der Waals surface area (Å²) < 4.78 is 5.06. The summed E-state index contributed by atoms with van der Waals surface area (Å²) in [6, 6.07) is 9.76. The zero-order valence-corrected chi connectivity index (χ0v) is 16.4. The summed E-state index contributed by atoms with van der Waals surface area (Å²) in [5.74, 6) is -0.958. The van der Waals surface area contributed by atoms with E-state index in [1.54, 1.807) is 36.4 Å². The van der Waals surface area contributed by atoms with Gasteiger partial charge < -0.3 is 15.2 Å². The molecule has 0 fully saturated rings. The number of hydrogen-bond donors (Lipinski definition) is 2. The lowest BCUT2D eigenvalue weighted by Gasteiger charge is -2.17. The summed E-state index contributed by atoms with van der Waals surface area (Å²) >= 11 is 1.26. The molecule has 1 aromatic carbocycles. The van der Waals surface area contributed by atoms with E-state index in [0.717, 1.165) is 4.88 Å². The minimum Gasteiger partial charge on any atom is -0.454 e. The molecule has 2 aromatic rings. The zero-order valence-electron chi connectivity index (χ0n) is 15.6. The molecule has 0 saturated heterocycles. The Bertz CT molecular complexity index is 818. The molecule has 1 amide bonds. The van der Waals surface area contributed by atoms with E-state index in [0.29, 0.717) is 22.5 Å². The molecule has 0 radical (unpaired) electrons. The number of carbonyl (C=O) groups excluding carboxylic acids is 3. The number of ether oxygens (including phenoxy) is 1. The van der Waals surface area contributed by atoms with Gasteiger partial charge in [-0.1, -0.05) is 32.9 Å². The minimum atomic E-state index is -0.595. The van der Waals surface area contributed by atoms with Crippen molar-refractivity contribution in [2.24, 2.45) is 5.41 Å². The van der Waals surface area contributed by atoms with E-state index in [9.17, 15) is 14.4 Å². The van der Waals surface area contributed by atoms with Crippen LogP contribution < -0.4 is 5.32 Å². The van der Waals surface area contributed by atoms with Crippen molar-refractivity contribution in [3.8, 4) is 0 Å². The van der Waals surface area contributed by atoms with Gasteiger partial charge in [0.15, 0.2) is 6.61 Å². The average Bonchev–Trinajstić information content (AvgIpc) is 3.12. The molecule has 27 heavy (non-hydrogen) atoms. The van der Waals surface area contributed by atoms with Crippen molar-refractivity contribution >= 4 is 29.0 Å². The standard InChI is InChI=1S/C20H23NO5S/c1-20(2,3)19(25)21-10-15-8-9-17(27-15)16(23)12-26-18(24)14-6-4-13(11-22)5-7-14/h4-9,22H,10-12H2,1-3H3,(H,21,25). The molecule has 0 unspecified atom stereocenters. The molecule has 1 heterocycles. The quantitative estimate of drug-likeness (QED) is 0.561. The van der Waals surface area contributed by atoms with E-state index < -0.39 is 11.4 Å². The number of thiophene rings is 1. The second kappa shape index (κ2) is 8.92. The number of Topliss-reactive ketones (excluding diaryl/α,β-unsaturated/α-hetero) is 1. The first kappa shape index (κ1) is 20.8. The van der Waals surface area contributed by atoms with E-state index in [4.69, 9.17) is 9.84 Å². The highest BCUT2D eigenvalue weighted by Gasteiger charge is 2.21. The number of aliphatic hydroxyl groups is 1. The molecule has 144 valence electrons. The lowest BCUT2D eigenvalue weighted by Crippen LogP contribution is -2.34. The molecule has 2 rings (SSSR count). The van der Waals surface area contributed by atoms with E-state index >= 15 is 0 Å². The summed E-state index contributed by atoms with van der Waals surface area (Å²) in [6.45, 7) is 5.39. The van der Waals surface area contributed by atoms with Gasteiger partial charge in [0.05, 0.1) is 23.6 Å². The van der Waals surface area contributed by atoms with Crippen LogP contribution in [0, 0.1) is 5.41 Å². The van der Waals surface area contributed by atoms with Gasteiger partial charge in [-0.25, -0.2) is 4.79 Å². The largest absolute Gasteiger partial charge is 0.454 e. The van der Waals surface area contributed by atoms with Crippen molar-refractivity contribution in [2.75, 3.05) is 6.61 Å². The Balaban J connectivity index is 1.86. The third-order valence-corrected chi connectivity index (χ3v) is 4.87. The van der Waals surface area contributed by atoms with Gasteiger partial charge in [-0.2, -0.15) is 0 Å². The fourth-order valence-corrected chi connectivity index (χ4v) is 2.96. The second-order valence-electron chi connectivity index (χ2n) is 7.05. The van der Waals surface area contributed by atoms with Gasteiger partial charge in [0.25, 0.3) is 0 Å². The van der Waals surface area contributed by atoms with Crippen LogP contribution in [0.15, 0.2) is 36.4 Å². The van der Waals surface area contributed by atoms with Crippen molar-refractivity contribution in [3.63, 3.8) is 0 Å². The molecular formula is C20H23NO5S. The van der Waals surface area contributed by atoms with Gasteiger partial charge in [0, 0.05) is 10.3 Å². The molecule has 0 saturated carbocycles. The smallest absolute Gasteiger partial charge is 0.338 e. The van der Waals surface area contributed by atoms with Gasteiger partial charge in [0.2, 0.25) is 11.7 Å². The monoisotopic (exact) mass is 389 g/mol. The molecule has 1 aromatic heterocycles. The average molecular weight is 389 g/mol. The van der Waals surface area contributed by atoms with Crippen molar-refractivity contribution in [3.05, 3.63) is 57.3 Å². The predicted octanol–water partition coefficient (Wildman–Crippen LogP) is 2.94. The van der Waals surface area contributed by atoms with E-state index in [1.165, 1.54) is 11.3 Å². The summed E-state index contributed by atoms with van der Waals surface area (Å²) in [5.41, 5.74) is 0.531. The molecule has 0 atom stereocenters. The number of amides is 1. The van der Waals surface area contributed by atoms with Crippen LogP contribution in [0.1, 0.15) is 51.2 Å². The highest BCUT2D eigenvalue weighted by Crippen LogP contribution is 2.19. The van der Waals surface area contributed by atoms with Gasteiger partial charge in [-0.3, -0.25) is 9.59 Å². The molecule has 6 nitrogen and oxygen atoms in total. The number of aliphatic hydroxyl groups excluding tert-OH is 1. The lowest BCUT2D eigenvalue weighted by atomic mass is 9.96. The highest BCUT2D eigenvalue weighted by molar-refractivity contribution is 7.14. The van der Waals surface area contributed by atoms with Crippen molar-refractivity contribution < 1.29 is 24.2 Å². The number of hydrogen-bond acceptors (Lipinski definition) is 6. The second-order valence-corrected chi connectivity index (χ2v) is 8.22. The Hall–Kier alpha value is -2.51. The number of carbonyl (C=O) groups is 3. The lowest BCUT2D eigenvalue weighted by molar-refractivity contribution is -0.128. The molecule has 2 N–H and O–H groups in total. The minimum absolute atomic E-state index is 0.0649. The third-order valence-electron chi connectivity index (χ3n) is 3.75. The van der Waals surface area contributed by atoms with Gasteiger partial charge in [-0.15, -0.1) is 11.3 Å². The summed E-state index contributed by atoms with van der Waals surface area (Å²) in [5, 5.41) is 11.8. The predicted molar refractivity (Wildman–Crippen MR) is 103 cm³/mol. The molecule has 0 bridgehead atoms. The maximum absolute atomic E-state index is 12.2. The third kappa shape index (κ3) is 6.01. The first-order valence-corrected chi connectivity index (χ1v) is 9.29. The Morgan fingerprint density at radius 2 is 1.74 bits per heavy atom. The number of ketones is 1. The molecule has 0 aliphatic heterocycles. The van der Waals surface area contributed by atoms with Crippen LogP contribution in [0.25, 0.3) is 0 Å². The van der Waals surface area contributed by atoms with Crippen LogP contribution in [0.2, 0.25) is 0 Å². The van der Waals surface area contributed by atoms with Crippen LogP contribution in [-0.2, 0) is 22.7 Å². The van der Waals surface area contributed by atoms with Crippen LogP contribution in [-0.4, -0.2) is 29.4 Å². The van der Waals surface area contributed by atoms with Crippen LogP contribution in [0.3, 0.4) is 0 Å². The molecule has 0 aliphatic rings. The summed E-state index contributed by atoms with van der Waals surface area (Å²) in [4.78, 5) is 37.4. The van der Waals surface area contributed by atoms with E-state index in [2.05, 4.69) is 5.32 Å². The number of benzene rings is 1. The normalized spacial score (nSPS) is 11.1. The van der Waals surface area contributed by atoms with Crippen molar-refractivity contribution in [2.45, 2.75) is 33.9 Å². The maximum Gasteiger partial charge on any atom is 0.338 e. The SMILES string of the molecule is CC(C)(C)C(=O)NCc1ccc(C(=O)COC(=O)c2ccc(CO)cc2)s1. The summed E-state index contributed by atoms with van der Waals surface area (Å²) in [6.07, 6.45) is 0. The number of nitrogens with one attached hydrogen (secondary N) is 1. The maximum atomic E-state index is 12.2. The van der Waals surface area contributed by atoms with Gasteiger partial charge in [-0.05, 0) is 29.8 Å². The van der Waals surface area contributed by atoms with Gasteiger partial charge >= 0.3 is 5.97 Å². The molecule has 0 spiro atoms.